The molecule has 1 fully saturated rings. The summed E-state index contributed by atoms with van der Waals surface area (Å²) in [5.41, 5.74) is 0.602. The Morgan fingerprint density at radius 2 is 2.33 bits per heavy atom. The summed E-state index contributed by atoms with van der Waals surface area (Å²) >= 11 is 0. The fourth-order valence-corrected chi connectivity index (χ4v) is 2.01. The summed E-state index contributed by atoms with van der Waals surface area (Å²) in [6.45, 7) is 1.67. The van der Waals surface area contributed by atoms with E-state index in [-0.39, 0.29) is 30.9 Å². The number of carbonyl (C=O) groups is 1. The van der Waals surface area contributed by atoms with Gasteiger partial charge >= 0.3 is 0 Å². The Morgan fingerprint density at radius 3 is 2.78 bits per heavy atom. The van der Waals surface area contributed by atoms with Crippen LogP contribution in [-0.2, 0) is 14.3 Å². The van der Waals surface area contributed by atoms with Crippen molar-refractivity contribution in [3.63, 3.8) is 0 Å². The van der Waals surface area contributed by atoms with Gasteiger partial charge in [0.25, 0.3) is 0 Å². The summed E-state index contributed by atoms with van der Waals surface area (Å²) in [5, 5.41) is 11.7. The van der Waals surface area contributed by atoms with Crippen LogP contribution in [0.15, 0.2) is 11.8 Å². The number of hydrogen-bond donors (Lipinski definition) is 2. The van der Waals surface area contributed by atoms with Gasteiger partial charge in [-0.05, 0) is 6.92 Å². The maximum atomic E-state index is 11.4. The highest BCUT2D eigenvalue weighted by Gasteiger charge is 2.36. The minimum Gasteiger partial charge on any atom is -0.394 e. The Bertz CT molecular complexity index is 307. The number of hydrogen-bond acceptors (Lipinski definition) is 5. The van der Waals surface area contributed by atoms with Crippen molar-refractivity contribution in [3.8, 4) is 0 Å². The highest BCUT2D eigenvalue weighted by molar-refractivity contribution is 5.92. The Balaban J connectivity index is 2.64. The quantitative estimate of drug-likeness (QED) is 0.662. The number of aliphatic hydroxyl groups excluding tert-OH is 1. The van der Waals surface area contributed by atoms with Crippen LogP contribution in [0.1, 0.15) is 13.3 Å². The molecule has 0 aromatic carbocycles. The smallest absolute Gasteiger partial charge is 0.248 e. The summed E-state index contributed by atoms with van der Waals surface area (Å²) in [6.07, 6.45) is 1.78. The number of nitrogens with zero attached hydrogens (tertiary/aromatic N) is 1. The lowest BCUT2D eigenvalue weighted by atomic mass is 10.2. The van der Waals surface area contributed by atoms with Gasteiger partial charge in [-0.25, -0.2) is 0 Å². The van der Waals surface area contributed by atoms with Crippen LogP contribution in [0, 0.1) is 0 Å². The molecule has 0 aromatic heterocycles. The van der Waals surface area contributed by atoms with Gasteiger partial charge in [-0.15, -0.1) is 0 Å². The molecule has 0 radical (unpaired) electrons. The van der Waals surface area contributed by atoms with E-state index in [0.717, 1.165) is 0 Å². The molecule has 1 amide bonds. The average molecular weight is 258 g/mol. The third kappa shape index (κ3) is 3.44. The molecule has 1 aliphatic heterocycles. The fourth-order valence-electron chi connectivity index (χ4n) is 2.01. The highest BCUT2D eigenvalue weighted by atomic mass is 16.6. The van der Waals surface area contributed by atoms with Crippen LogP contribution in [0.4, 0.5) is 0 Å². The van der Waals surface area contributed by atoms with E-state index in [0.29, 0.717) is 12.0 Å². The number of rotatable bonds is 5. The SMILES string of the molecule is CNC(=O)/C(C)=C\N(C)C1CC(OC)C(CO)O1. The second-order valence-corrected chi connectivity index (χ2v) is 4.38. The molecule has 18 heavy (non-hydrogen) atoms. The lowest BCUT2D eigenvalue weighted by molar-refractivity contribution is -0.117. The minimum atomic E-state index is -0.309. The van der Waals surface area contributed by atoms with Crippen molar-refractivity contribution in [2.75, 3.05) is 27.8 Å². The molecule has 1 saturated heterocycles. The standard InChI is InChI=1S/C12H22N2O4/c1-8(12(16)13-2)6-14(3)11-5-9(17-4)10(7-15)18-11/h6,9-11,15H,5,7H2,1-4H3,(H,13,16)/b8-6-. The van der Waals surface area contributed by atoms with Crippen molar-refractivity contribution in [2.24, 2.45) is 0 Å². The summed E-state index contributed by atoms with van der Waals surface area (Å²) in [7, 11) is 5.03. The van der Waals surface area contributed by atoms with Gasteiger partial charge in [0, 0.05) is 39.4 Å². The number of methoxy groups -OCH3 is 1. The van der Waals surface area contributed by atoms with Crippen LogP contribution in [-0.4, -0.2) is 62.2 Å². The molecule has 0 bridgehead atoms. The monoisotopic (exact) mass is 258 g/mol. The number of amides is 1. The average Bonchev–Trinajstić information content (AvgIpc) is 2.80. The molecular formula is C12H22N2O4. The fraction of sp³-hybridized carbons (Fsp3) is 0.750. The lowest BCUT2D eigenvalue weighted by Crippen LogP contribution is -2.30. The molecular weight excluding hydrogens is 236 g/mol. The molecule has 1 heterocycles. The molecule has 1 rings (SSSR count). The van der Waals surface area contributed by atoms with Gasteiger partial charge in [-0.1, -0.05) is 0 Å². The van der Waals surface area contributed by atoms with Gasteiger partial charge < -0.3 is 24.8 Å². The molecule has 3 unspecified atom stereocenters. The first-order valence-electron chi connectivity index (χ1n) is 5.95. The third-order valence-corrected chi connectivity index (χ3v) is 3.10. The van der Waals surface area contributed by atoms with Gasteiger partial charge in [-0.3, -0.25) is 4.79 Å². The molecule has 0 saturated carbocycles. The van der Waals surface area contributed by atoms with Crippen molar-refractivity contribution >= 4 is 5.91 Å². The first-order chi connectivity index (χ1) is 8.53. The molecule has 3 atom stereocenters. The Morgan fingerprint density at radius 1 is 1.67 bits per heavy atom. The number of carbonyl (C=O) groups excluding carboxylic acids is 1. The van der Waals surface area contributed by atoms with Crippen molar-refractivity contribution in [2.45, 2.75) is 31.8 Å². The molecule has 6 heteroatoms. The number of nitrogens with one attached hydrogen (secondary N) is 1. The normalized spacial score (nSPS) is 28.3. The van der Waals surface area contributed by atoms with Crippen LogP contribution in [0.2, 0.25) is 0 Å². The predicted molar refractivity (Wildman–Crippen MR) is 66.7 cm³/mol. The summed E-state index contributed by atoms with van der Waals surface area (Å²) < 4.78 is 10.9. The molecule has 0 aromatic rings. The predicted octanol–water partition coefficient (Wildman–Crippen LogP) is -0.310. The number of aliphatic hydroxyl groups is 1. The Hall–Kier alpha value is -1.11. The van der Waals surface area contributed by atoms with Gasteiger partial charge in [0.15, 0.2) is 0 Å². The first kappa shape index (κ1) is 14.9. The van der Waals surface area contributed by atoms with E-state index < -0.39 is 0 Å². The van der Waals surface area contributed by atoms with Gasteiger partial charge in [0.2, 0.25) is 5.91 Å². The zero-order chi connectivity index (χ0) is 13.7. The van der Waals surface area contributed by atoms with Gasteiger partial charge in [0.05, 0.1) is 12.7 Å². The van der Waals surface area contributed by atoms with Crippen LogP contribution >= 0.6 is 0 Å². The molecule has 0 spiro atoms. The topological polar surface area (TPSA) is 71.0 Å². The third-order valence-electron chi connectivity index (χ3n) is 3.10. The molecule has 0 aliphatic carbocycles. The van der Waals surface area contributed by atoms with E-state index in [1.807, 2.05) is 11.9 Å². The summed E-state index contributed by atoms with van der Waals surface area (Å²) in [5.74, 6) is -0.123. The van der Waals surface area contributed by atoms with Crippen molar-refractivity contribution < 1.29 is 19.4 Å². The largest absolute Gasteiger partial charge is 0.394 e. The lowest BCUT2D eigenvalue weighted by Gasteiger charge is -2.23. The molecule has 6 nitrogen and oxygen atoms in total. The molecule has 1 aliphatic rings. The van der Waals surface area contributed by atoms with E-state index in [2.05, 4.69) is 5.32 Å². The number of ether oxygens (including phenoxy) is 2. The maximum absolute atomic E-state index is 11.4. The Labute approximate surface area is 108 Å². The maximum Gasteiger partial charge on any atom is 0.248 e. The zero-order valence-electron chi connectivity index (χ0n) is 11.3. The Kier molecular flexibility index (Phi) is 5.58. The zero-order valence-corrected chi connectivity index (χ0v) is 11.3. The molecule has 2 N–H and O–H groups in total. The van der Waals surface area contributed by atoms with Crippen LogP contribution < -0.4 is 5.32 Å². The van der Waals surface area contributed by atoms with Gasteiger partial charge in [-0.2, -0.15) is 0 Å². The molecule has 104 valence electrons. The minimum absolute atomic E-state index is 0.0685. The summed E-state index contributed by atoms with van der Waals surface area (Å²) in [4.78, 5) is 13.2. The van der Waals surface area contributed by atoms with Crippen molar-refractivity contribution in [3.05, 3.63) is 11.8 Å². The van der Waals surface area contributed by atoms with E-state index in [1.165, 1.54) is 0 Å². The van der Waals surface area contributed by atoms with E-state index in [9.17, 15) is 9.90 Å². The van der Waals surface area contributed by atoms with E-state index in [4.69, 9.17) is 9.47 Å². The first-order valence-corrected chi connectivity index (χ1v) is 5.95. The second-order valence-electron chi connectivity index (χ2n) is 4.38. The second kappa shape index (κ2) is 6.72. The van der Waals surface area contributed by atoms with Crippen LogP contribution in [0.3, 0.4) is 0 Å². The number of likely N-dealkylation sites (N-methyl/N-ethyl adjacent to an activating group) is 1. The highest BCUT2D eigenvalue weighted by Crippen LogP contribution is 2.24. The van der Waals surface area contributed by atoms with E-state index >= 15 is 0 Å². The van der Waals surface area contributed by atoms with Crippen molar-refractivity contribution in [1.82, 2.24) is 10.2 Å². The summed E-state index contributed by atoms with van der Waals surface area (Å²) in [6, 6.07) is 0. The van der Waals surface area contributed by atoms with Crippen LogP contribution in [0.5, 0.6) is 0 Å². The van der Waals surface area contributed by atoms with E-state index in [1.54, 1.807) is 27.3 Å². The van der Waals surface area contributed by atoms with Crippen LogP contribution in [0.25, 0.3) is 0 Å². The van der Waals surface area contributed by atoms with Crippen molar-refractivity contribution in [1.29, 1.82) is 0 Å². The van der Waals surface area contributed by atoms with Gasteiger partial charge in [0.1, 0.15) is 12.3 Å².